The van der Waals surface area contributed by atoms with Crippen molar-refractivity contribution in [2.75, 3.05) is 14.2 Å². The van der Waals surface area contributed by atoms with Gasteiger partial charge in [0, 0.05) is 18.2 Å². The Bertz CT molecular complexity index is 419. The molecule has 1 aromatic rings. The molecule has 1 N–H and O–H groups in total. The van der Waals surface area contributed by atoms with Crippen molar-refractivity contribution in [3.05, 3.63) is 23.8 Å². The average Bonchev–Trinajstić information content (AvgIpc) is 2.49. The first-order valence-electron chi connectivity index (χ1n) is 7.75. The fraction of sp³-hybridized carbons (Fsp3) is 0.647. The monoisotopic (exact) mass is 277 g/mol. The van der Waals surface area contributed by atoms with Gasteiger partial charge in [0.1, 0.15) is 11.5 Å². The Morgan fingerprint density at radius 1 is 1.30 bits per heavy atom. The van der Waals surface area contributed by atoms with Gasteiger partial charge in [-0.25, -0.2) is 0 Å². The fourth-order valence-corrected chi connectivity index (χ4v) is 3.01. The molecule has 0 aliphatic heterocycles. The van der Waals surface area contributed by atoms with Crippen molar-refractivity contribution in [3.8, 4) is 11.5 Å². The zero-order valence-electron chi connectivity index (χ0n) is 12.9. The van der Waals surface area contributed by atoms with Gasteiger partial charge in [-0.05, 0) is 38.3 Å². The molecule has 1 aromatic carbocycles. The van der Waals surface area contributed by atoms with Crippen LogP contribution in [0.5, 0.6) is 11.5 Å². The van der Waals surface area contributed by atoms with Crippen molar-refractivity contribution in [2.45, 2.75) is 51.7 Å². The largest absolute Gasteiger partial charge is 0.497 e. The van der Waals surface area contributed by atoms with Gasteiger partial charge in [-0.3, -0.25) is 0 Å². The molecule has 0 bridgehead atoms. The molecule has 0 amide bonds. The number of hydrogen-bond donors (Lipinski definition) is 1. The molecule has 0 heterocycles. The van der Waals surface area contributed by atoms with Crippen molar-refractivity contribution < 1.29 is 9.47 Å². The second-order valence-corrected chi connectivity index (χ2v) is 5.68. The molecule has 112 valence electrons. The van der Waals surface area contributed by atoms with Crippen LogP contribution in [0, 0.1) is 5.92 Å². The Morgan fingerprint density at radius 2 is 2.15 bits per heavy atom. The number of hydrogen-bond acceptors (Lipinski definition) is 3. The van der Waals surface area contributed by atoms with Crippen molar-refractivity contribution in [1.29, 1.82) is 0 Å². The topological polar surface area (TPSA) is 30.5 Å². The third-order valence-corrected chi connectivity index (χ3v) is 4.25. The molecule has 1 aliphatic rings. The number of ether oxygens (including phenoxy) is 2. The van der Waals surface area contributed by atoms with E-state index in [1.54, 1.807) is 7.11 Å². The van der Waals surface area contributed by atoms with Gasteiger partial charge >= 0.3 is 0 Å². The molecule has 1 fully saturated rings. The molecule has 0 radical (unpaired) electrons. The molecule has 0 saturated heterocycles. The van der Waals surface area contributed by atoms with E-state index >= 15 is 0 Å². The molecule has 2 atom stereocenters. The van der Waals surface area contributed by atoms with E-state index in [1.165, 1.54) is 37.7 Å². The minimum atomic E-state index is 0.358. The van der Waals surface area contributed by atoms with Crippen LogP contribution in [0.15, 0.2) is 18.2 Å². The van der Waals surface area contributed by atoms with E-state index < -0.39 is 0 Å². The van der Waals surface area contributed by atoms with E-state index in [-0.39, 0.29) is 0 Å². The lowest BCUT2D eigenvalue weighted by Gasteiger charge is -2.29. The van der Waals surface area contributed by atoms with Crippen molar-refractivity contribution in [3.63, 3.8) is 0 Å². The summed E-state index contributed by atoms with van der Waals surface area (Å²) in [6.07, 6.45) is 6.63. The van der Waals surface area contributed by atoms with Gasteiger partial charge in [-0.2, -0.15) is 0 Å². The summed E-state index contributed by atoms with van der Waals surface area (Å²) in [5.74, 6) is 2.66. The summed E-state index contributed by atoms with van der Waals surface area (Å²) in [6.45, 7) is 3.11. The van der Waals surface area contributed by atoms with Gasteiger partial charge in [0.25, 0.3) is 0 Å². The summed E-state index contributed by atoms with van der Waals surface area (Å²) in [6, 6.07) is 6.10. The zero-order valence-corrected chi connectivity index (χ0v) is 12.9. The minimum Gasteiger partial charge on any atom is -0.497 e. The second kappa shape index (κ2) is 7.53. The van der Waals surface area contributed by atoms with Crippen molar-refractivity contribution in [1.82, 2.24) is 5.32 Å². The molecule has 2 rings (SSSR count). The summed E-state index contributed by atoms with van der Waals surface area (Å²) in [5, 5.41) is 3.20. The molecule has 3 nitrogen and oxygen atoms in total. The van der Waals surface area contributed by atoms with E-state index in [2.05, 4.69) is 18.3 Å². The molecule has 1 aliphatic carbocycles. The van der Waals surface area contributed by atoms with Gasteiger partial charge in [-0.1, -0.05) is 25.8 Å². The summed E-state index contributed by atoms with van der Waals surface area (Å²) in [4.78, 5) is 0. The Morgan fingerprint density at radius 3 is 2.85 bits per heavy atom. The van der Waals surface area contributed by atoms with Gasteiger partial charge in [-0.15, -0.1) is 0 Å². The van der Waals surface area contributed by atoms with Crippen LogP contribution >= 0.6 is 0 Å². The summed E-state index contributed by atoms with van der Waals surface area (Å²) in [5.41, 5.74) is 1.20. The van der Waals surface area contributed by atoms with Gasteiger partial charge in [0.2, 0.25) is 0 Å². The van der Waals surface area contributed by atoms with Crippen LogP contribution in [0.2, 0.25) is 0 Å². The highest BCUT2D eigenvalue weighted by Crippen LogP contribution is 2.32. The second-order valence-electron chi connectivity index (χ2n) is 5.68. The highest BCUT2D eigenvalue weighted by atomic mass is 16.5. The van der Waals surface area contributed by atoms with E-state index in [1.807, 2.05) is 19.2 Å². The molecule has 0 spiro atoms. The van der Waals surface area contributed by atoms with Crippen LogP contribution in [0.3, 0.4) is 0 Å². The average molecular weight is 277 g/mol. The fourth-order valence-electron chi connectivity index (χ4n) is 3.01. The van der Waals surface area contributed by atoms with E-state index in [0.717, 1.165) is 24.0 Å². The SMILES string of the molecule is CCC1CCCC(Oc2cc(OC)ccc2CNC)C1. The van der Waals surface area contributed by atoms with Gasteiger partial charge < -0.3 is 14.8 Å². The Hall–Kier alpha value is -1.22. The third-order valence-electron chi connectivity index (χ3n) is 4.25. The predicted molar refractivity (Wildman–Crippen MR) is 82.4 cm³/mol. The Labute approximate surface area is 122 Å². The van der Waals surface area contributed by atoms with Crippen LogP contribution in [0.4, 0.5) is 0 Å². The first kappa shape index (κ1) is 15.2. The Kier molecular flexibility index (Phi) is 5.72. The van der Waals surface area contributed by atoms with Gasteiger partial charge in [0.15, 0.2) is 0 Å². The summed E-state index contributed by atoms with van der Waals surface area (Å²) < 4.78 is 11.6. The molecule has 20 heavy (non-hydrogen) atoms. The van der Waals surface area contributed by atoms with Crippen LogP contribution < -0.4 is 14.8 Å². The maximum atomic E-state index is 6.29. The molecular formula is C17H27NO2. The maximum Gasteiger partial charge on any atom is 0.127 e. The third kappa shape index (κ3) is 3.89. The van der Waals surface area contributed by atoms with E-state index in [0.29, 0.717) is 6.10 Å². The zero-order chi connectivity index (χ0) is 14.4. The Balaban J connectivity index is 2.09. The predicted octanol–water partition coefficient (Wildman–Crippen LogP) is 3.76. The van der Waals surface area contributed by atoms with Crippen LogP contribution in [0.25, 0.3) is 0 Å². The van der Waals surface area contributed by atoms with Crippen molar-refractivity contribution in [2.24, 2.45) is 5.92 Å². The number of nitrogens with one attached hydrogen (secondary N) is 1. The number of benzene rings is 1. The van der Waals surface area contributed by atoms with Crippen molar-refractivity contribution >= 4 is 0 Å². The smallest absolute Gasteiger partial charge is 0.127 e. The summed E-state index contributed by atoms with van der Waals surface area (Å²) >= 11 is 0. The maximum absolute atomic E-state index is 6.29. The molecular weight excluding hydrogens is 250 g/mol. The lowest BCUT2D eigenvalue weighted by atomic mass is 9.85. The number of rotatable bonds is 6. The highest BCUT2D eigenvalue weighted by Gasteiger charge is 2.23. The van der Waals surface area contributed by atoms with Crippen LogP contribution in [0.1, 0.15) is 44.6 Å². The normalized spacial score (nSPS) is 22.6. The first-order valence-corrected chi connectivity index (χ1v) is 7.75. The number of methoxy groups -OCH3 is 1. The molecule has 2 unspecified atom stereocenters. The molecule has 1 saturated carbocycles. The highest BCUT2D eigenvalue weighted by molar-refractivity contribution is 5.40. The van der Waals surface area contributed by atoms with Crippen LogP contribution in [-0.4, -0.2) is 20.3 Å². The lowest BCUT2D eigenvalue weighted by molar-refractivity contribution is 0.120. The standard InChI is InChI=1S/C17H27NO2/c1-4-13-6-5-7-16(10-13)20-17-11-15(19-3)9-8-14(17)12-18-2/h8-9,11,13,16,18H,4-7,10,12H2,1-3H3. The summed E-state index contributed by atoms with van der Waals surface area (Å²) in [7, 11) is 3.66. The molecule has 3 heteroatoms. The first-order chi connectivity index (χ1) is 9.76. The quantitative estimate of drug-likeness (QED) is 0.858. The van der Waals surface area contributed by atoms with Gasteiger partial charge in [0.05, 0.1) is 13.2 Å². The molecule has 0 aromatic heterocycles. The lowest BCUT2D eigenvalue weighted by Crippen LogP contribution is -2.25. The van der Waals surface area contributed by atoms with E-state index in [4.69, 9.17) is 9.47 Å². The minimum absolute atomic E-state index is 0.358. The van der Waals surface area contributed by atoms with Crippen LogP contribution in [-0.2, 0) is 6.54 Å². The van der Waals surface area contributed by atoms with E-state index in [9.17, 15) is 0 Å².